The van der Waals surface area contributed by atoms with Gasteiger partial charge in [0.1, 0.15) is 0 Å². The fourth-order valence-electron chi connectivity index (χ4n) is 3.51. The van der Waals surface area contributed by atoms with Gasteiger partial charge in [-0.25, -0.2) is 0 Å². The van der Waals surface area contributed by atoms with E-state index >= 15 is 0 Å². The largest absolute Gasteiger partial charge is 0.493 e. The number of ether oxygens (including phenoxy) is 2. The second-order valence-electron chi connectivity index (χ2n) is 7.40. The zero-order chi connectivity index (χ0) is 21.5. The number of hydrogen-bond donors (Lipinski definition) is 2. The molecule has 0 radical (unpaired) electrons. The van der Waals surface area contributed by atoms with Crippen LogP contribution in [0.4, 0.5) is 5.69 Å². The Morgan fingerprint density at radius 3 is 2.47 bits per heavy atom. The number of carbonyl (C=O) groups excluding carboxylic acids is 1. The summed E-state index contributed by atoms with van der Waals surface area (Å²) < 4.78 is 10.8. The summed E-state index contributed by atoms with van der Waals surface area (Å²) in [4.78, 5) is 18.8. The fraction of sp³-hybridized carbons (Fsp3) is 0.391. The highest BCUT2D eigenvalue weighted by Crippen LogP contribution is 2.33. The number of amides is 1. The van der Waals surface area contributed by atoms with Gasteiger partial charge < -0.3 is 25.4 Å². The van der Waals surface area contributed by atoms with Crippen molar-refractivity contribution in [3.63, 3.8) is 0 Å². The third-order valence-electron chi connectivity index (χ3n) is 5.23. The number of methoxy groups -OCH3 is 2. The van der Waals surface area contributed by atoms with Crippen LogP contribution < -0.4 is 20.5 Å². The van der Waals surface area contributed by atoms with E-state index in [4.69, 9.17) is 15.2 Å². The van der Waals surface area contributed by atoms with Gasteiger partial charge in [0.25, 0.3) is 0 Å². The molecule has 0 aromatic heterocycles. The van der Waals surface area contributed by atoms with Crippen molar-refractivity contribution in [2.45, 2.75) is 32.7 Å². The van der Waals surface area contributed by atoms with Crippen molar-refractivity contribution in [2.75, 3.05) is 32.6 Å². The maximum atomic E-state index is 12.6. The highest BCUT2D eigenvalue weighted by Gasteiger charge is 2.22. The summed E-state index contributed by atoms with van der Waals surface area (Å²) >= 11 is 0. The SMILES string of the molecule is COc1cc2c(cc1OC)CN(C(=O)CCCN=C(N)Nc1ccc(C)cc1)CC2. The molecule has 2 aromatic carbocycles. The highest BCUT2D eigenvalue weighted by molar-refractivity contribution is 5.92. The Balaban J connectivity index is 1.48. The van der Waals surface area contributed by atoms with Crippen molar-refractivity contribution in [3.05, 3.63) is 53.1 Å². The van der Waals surface area contributed by atoms with Gasteiger partial charge in [-0.15, -0.1) is 0 Å². The number of rotatable bonds is 7. The van der Waals surface area contributed by atoms with Gasteiger partial charge in [-0.2, -0.15) is 0 Å². The van der Waals surface area contributed by atoms with E-state index in [1.165, 1.54) is 11.1 Å². The average Bonchev–Trinajstić information content (AvgIpc) is 2.76. The molecule has 160 valence electrons. The number of fused-ring (bicyclic) bond motifs is 1. The molecule has 0 fully saturated rings. The number of nitrogens with one attached hydrogen (secondary N) is 1. The Morgan fingerprint density at radius 2 is 1.80 bits per heavy atom. The molecule has 2 aromatic rings. The molecular formula is C23H30N4O3. The molecule has 30 heavy (non-hydrogen) atoms. The smallest absolute Gasteiger partial charge is 0.222 e. The van der Waals surface area contributed by atoms with Crippen molar-refractivity contribution in [1.29, 1.82) is 0 Å². The van der Waals surface area contributed by atoms with Crippen molar-refractivity contribution in [2.24, 2.45) is 10.7 Å². The van der Waals surface area contributed by atoms with E-state index in [-0.39, 0.29) is 5.91 Å². The molecule has 0 bridgehead atoms. The van der Waals surface area contributed by atoms with Gasteiger partial charge in [-0.3, -0.25) is 9.79 Å². The Hall–Kier alpha value is -3.22. The van der Waals surface area contributed by atoms with E-state index in [9.17, 15) is 4.79 Å². The molecule has 0 saturated heterocycles. The van der Waals surface area contributed by atoms with Crippen LogP contribution in [0.3, 0.4) is 0 Å². The van der Waals surface area contributed by atoms with E-state index in [1.54, 1.807) is 14.2 Å². The van der Waals surface area contributed by atoms with E-state index in [0.29, 0.717) is 44.2 Å². The van der Waals surface area contributed by atoms with Gasteiger partial charge in [0.05, 0.1) is 14.2 Å². The minimum atomic E-state index is 0.135. The van der Waals surface area contributed by atoms with Gasteiger partial charge in [0.2, 0.25) is 5.91 Å². The van der Waals surface area contributed by atoms with Crippen LogP contribution in [0.1, 0.15) is 29.5 Å². The first kappa shape index (κ1) is 21.5. The first-order valence-electron chi connectivity index (χ1n) is 10.2. The van der Waals surface area contributed by atoms with Gasteiger partial charge >= 0.3 is 0 Å². The summed E-state index contributed by atoms with van der Waals surface area (Å²) in [5.41, 5.74) is 10.3. The Morgan fingerprint density at radius 1 is 1.13 bits per heavy atom. The molecule has 0 aliphatic carbocycles. The summed E-state index contributed by atoms with van der Waals surface area (Å²) in [6.07, 6.45) is 1.92. The summed E-state index contributed by atoms with van der Waals surface area (Å²) in [5.74, 6) is 1.91. The number of benzene rings is 2. The van der Waals surface area contributed by atoms with E-state index in [2.05, 4.69) is 10.3 Å². The Labute approximate surface area is 177 Å². The summed E-state index contributed by atoms with van der Waals surface area (Å²) in [6, 6.07) is 11.9. The predicted octanol–water partition coefficient (Wildman–Crippen LogP) is 3.10. The van der Waals surface area contributed by atoms with Crippen LogP contribution in [0, 0.1) is 6.92 Å². The van der Waals surface area contributed by atoms with Crippen molar-refractivity contribution in [3.8, 4) is 11.5 Å². The quantitative estimate of drug-likeness (QED) is 0.416. The summed E-state index contributed by atoms with van der Waals surface area (Å²) in [7, 11) is 3.25. The third kappa shape index (κ3) is 5.43. The summed E-state index contributed by atoms with van der Waals surface area (Å²) in [6.45, 7) is 3.84. The monoisotopic (exact) mass is 410 g/mol. The molecule has 1 heterocycles. The van der Waals surface area contributed by atoms with Gasteiger partial charge in [0, 0.05) is 31.7 Å². The van der Waals surface area contributed by atoms with Crippen LogP contribution in [-0.4, -0.2) is 44.1 Å². The Kier molecular flexibility index (Phi) is 7.17. The maximum Gasteiger partial charge on any atom is 0.222 e. The molecule has 0 spiro atoms. The van der Waals surface area contributed by atoms with Crippen molar-refractivity contribution >= 4 is 17.6 Å². The van der Waals surface area contributed by atoms with Crippen molar-refractivity contribution < 1.29 is 14.3 Å². The highest BCUT2D eigenvalue weighted by atomic mass is 16.5. The molecule has 3 N–H and O–H groups in total. The Bertz CT molecular complexity index is 909. The maximum absolute atomic E-state index is 12.6. The van der Waals surface area contributed by atoms with Crippen molar-refractivity contribution in [1.82, 2.24) is 4.90 Å². The molecule has 0 atom stereocenters. The van der Waals surface area contributed by atoms with Gasteiger partial charge in [-0.05, 0) is 55.2 Å². The minimum Gasteiger partial charge on any atom is -0.493 e. The van der Waals surface area contributed by atoms with Crippen LogP contribution in [-0.2, 0) is 17.8 Å². The molecule has 0 unspecified atom stereocenters. The standard InChI is InChI=1S/C23H30N4O3/c1-16-6-8-19(9-7-16)26-23(24)25-11-4-5-22(28)27-12-10-17-13-20(29-2)21(30-3)14-18(17)15-27/h6-9,13-14H,4-5,10-12,15H2,1-3H3,(H3,24,25,26). The topological polar surface area (TPSA) is 89.2 Å². The molecule has 1 amide bonds. The number of aliphatic imine (C=N–C) groups is 1. The zero-order valence-electron chi connectivity index (χ0n) is 17.9. The lowest BCUT2D eigenvalue weighted by molar-refractivity contribution is -0.132. The molecule has 3 rings (SSSR count). The minimum absolute atomic E-state index is 0.135. The number of aryl methyl sites for hydroxylation is 1. The van der Waals surface area contributed by atoms with E-state index in [0.717, 1.165) is 23.4 Å². The van der Waals surface area contributed by atoms with Crippen LogP contribution >= 0.6 is 0 Å². The molecule has 7 nitrogen and oxygen atoms in total. The van der Waals surface area contributed by atoms with Crippen LogP contribution in [0.15, 0.2) is 41.4 Å². The number of carbonyl (C=O) groups is 1. The number of anilines is 1. The average molecular weight is 411 g/mol. The second kappa shape index (κ2) is 10.0. The van der Waals surface area contributed by atoms with Crippen LogP contribution in [0.25, 0.3) is 0 Å². The molecular weight excluding hydrogens is 380 g/mol. The third-order valence-corrected chi connectivity index (χ3v) is 5.23. The predicted molar refractivity (Wildman–Crippen MR) is 119 cm³/mol. The number of hydrogen-bond acceptors (Lipinski definition) is 4. The molecule has 7 heteroatoms. The fourth-order valence-corrected chi connectivity index (χ4v) is 3.51. The van der Waals surface area contributed by atoms with Crippen LogP contribution in [0.5, 0.6) is 11.5 Å². The molecule has 1 aliphatic rings. The normalized spacial score (nSPS) is 13.6. The van der Waals surface area contributed by atoms with E-state index in [1.807, 2.05) is 48.2 Å². The van der Waals surface area contributed by atoms with Gasteiger partial charge in [0.15, 0.2) is 17.5 Å². The number of nitrogens with zero attached hydrogens (tertiary/aromatic N) is 2. The van der Waals surface area contributed by atoms with E-state index < -0.39 is 0 Å². The summed E-state index contributed by atoms with van der Waals surface area (Å²) in [5, 5.41) is 3.06. The number of nitrogens with two attached hydrogens (primary N) is 1. The molecule has 0 saturated carbocycles. The lowest BCUT2D eigenvalue weighted by atomic mass is 9.98. The zero-order valence-corrected chi connectivity index (χ0v) is 17.9. The number of guanidine groups is 1. The lowest BCUT2D eigenvalue weighted by Crippen LogP contribution is -2.36. The lowest BCUT2D eigenvalue weighted by Gasteiger charge is -2.29. The van der Waals surface area contributed by atoms with Gasteiger partial charge in [-0.1, -0.05) is 17.7 Å². The second-order valence-corrected chi connectivity index (χ2v) is 7.40. The first-order valence-corrected chi connectivity index (χ1v) is 10.2. The van der Waals surface area contributed by atoms with Crippen LogP contribution in [0.2, 0.25) is 0 Å². The molecule has 1 aliphatic heterocycles. The first-order chi connectivity index (χ1) is 14.5.